The molecular weight excluding hydrogens is 396 g/mol. The summed E-state index contributed by atoms with van der Waals surface area (Å²) in [5.41, 5.74) is -0.641. The first-order valence-electron chi connectivity index (χ1n) is 6.82. The number of carbonyl (C=O) groups is 1. The Kier molecular flexibility index (Phi) is 6.05. The van der Waals surface area contributed by atoms with Gasteiger partial charge in [-0.25, -0.2) is 4.39 Å². The summed E-state index contributed by atoms with van der Waals surface area (Å²) in [5, 5.41) is 15.9. The van der Waals surface area contributed by atoms with Gasteiger partial charge in [0.25, 0.3) is 11.6 Å². The summed E-state index contributed by atoms with van der Waals surface area (Å²) in [7, 11) is 0. The van der Waals surface area contributed by atoms with Crippen LogP contribution in [-0.2, 0) is 0 Å². The van der Waals surface area contributed by atoms with Crippen LogP contribution in [0, 0.1) is 15.9 Å². The minimum Gasteiger partial charge on any atom is -0.359 e. The number of para-hydroxylation sites is 2. The van der Waals surface area contributed by atoms with E-state index in [0.717, 1.165) is 0 Å². The number of hydrogen-bond acceptors (Lipinski definition) is 4. The molecule has 0 bridgehead atoms. The van der Waals surface area contributed by atoms with E-state index in [2.05, 4.69) is 10.6 Å². The monoisotopic (exact) mass is 405 g/mol. The van der Waals surface area contributed by atoms with E-state index in [-0.39, 0.29) is 11.3 Å². The van der Waals surface area contributed by atoms with Crippen LogP contribution in [0.15, 0.2) is 48.5 Å². The quantitative estimate of drug-likeness (QED) is 0.336. The fraction of sp³-hybridized carbons (Fsp3) is 0.133. The lowest BCUT2D eigenvalue weighted by molar-refractivity contribution is -0.385. The van der Waals surface area contributed by atoms with Gasteiger partial charge in [-0.15, -0.1) is 0 Å². The van der Waals surface area contributed by atoms with Crippen molar-refractivity contribution < 1.29 is 14.1 Å². The molecule has 0 unspecified atom stereocenters. The maximum Gasteiger partial charge on any atom is 0.282 e. The van der Waals surface area contributed by atoms with Crippen LogP contribution in [0.5, 0.6) is 0 Å². The highest BCUT2D eigenvalue weighted by Crippen LogP contribution is 2.32. The van der Waals surface area contributed by atoms with Gasteiger partial charge in [-0.05, 0) is 18.2 Å². The van der Waals surface area contributed by atoms with E-state index in [4.69, 9.17) is 34.8 Å². The van der Waals surface area contributed by atoms with Crippen molar-refractivity contribution in [2.75, 3.05) is 5.32 Å². The SMILES string of the molecule is O=C(N[C@H](Nc1ccccc1F)C(Cl)(Cl)Cl)c1ccccc1[N+](=O)[O-]. The smallest absolute Gasteiger partial charge is 0.282 e. The number of anilines is 1. The summed E-state index contributed by atoms with van der Waals surface area (Å²) in [6.45, 7) is 0. The van der Waals surface area contributed by atoms with Crippen molar-refractivity contribution in [3.05, 3.63) is 70.0 Å². The first-order chi connectivity index (χ1) is 11.7. The summed E-state index contributed by atoms with van der Waals surface area (Å²) in [6.07, 6.45) is -1.35. The topological polar surface area (TPSA) is 84.3 Å². The number of hydrogen-bond donors (Lipinski definition) is 2. The molecule has 6 nitrogen and oxygen atoms in total. The molecule has 2 aromatic rings. The van der Waals surface area contributed by atoms with Crippen molar-refractivity contribution in [1.29, 1.82) is 0 Å². The molecule has 25 heavy (non-hydrogen) atoms. The van der Waals surface area contributed by atoms with Crippen molar-refractivity contribution in [2.24, 2.45) is 0 Å². The molecule has 0 heterocycles. The number of nitro benzene ring substituents is 1. The minimum absolute atomic E-state index is 0.0123. The highest BCUT2D eigenvalue weighted by atomic mass is 35.6. The average molecular weight is 407 g/mol. The van der Waals surface area contributed by atoms with Gasteiger partial charge in [-0.1, -0.05) is 59.1 Å². The minimum atomic E-state index is -2.05. The highest BCUT2D eigenvalue weighted by Gasteiger charge is 2.35. The summed E-state index contributed by atoms with van der Waals surface area (Å²) in [6, 6.07) is 10.9. The van der Waals surface area contributed by atoms with Crippen molar-refractivity contribution in [3.63, 3.8) is 0 Å². The molecule has 0 aliphatic heterocycles. The zero-order valence-corrected chi connectivity index (χ0v) is 14.6. The standard InChI is InChI=1S/C15H11Cl3FN3O3/c16-15(17,18)14(20-11-7-3-2-6-10(11)19)21-13(23)9-5-1-4-8-12(9)22(24)25/h1-8,14,20H,(H,21,23)/t14-/m0/s1. The molecule has 1 atom stereocenters. The molecule has 0 aliphatic rings. The Morgan fingerprint density at radius 2 is 1.72 bits per heavy atom. The molecule has 0 aromatic heterocycles. The second-order valence-electron chi connectivity index (χ2n) is 4.85. The van der Waals surface area contributed by atoms with Crippen LogP contribution in [0.1, 0.15) is 10.4 Å². The van der Waals surface area contributed by atoms with Gasteiger partial charge in [0.05, 0.1) is 10.6 Å². The Hall–Kier alpha value is -2.09. The van der Waals surface area contributed by atoms with E-state index >= 15 is 0 Å². The molecule has 1 amide bonds. The maximum atomic E-state index is 13.8. The van der Waals surface area contributed by atoms with E-state index in [1.807, 2.05) is 0 Å². The van der Waals surface area contributed by atoms with Gasteiger partial charge in [0.2, 0.25) is 3.79 Å². The summed E-state index contributed by atoms with van der Waals surface area (Å²) in [4.78, 5) is 22.7. The first-order valence-corrected chi connectivity index (χ1v) is 7.95. The van der Waals surface area contributed by atoms with Crippen molar-refractivity contribution >= 4 is 52.1 Å². The fourth-order valence-electron chi connectivity index (χ4n) is 1.97. The fourth-order valence-corrected chi connectivity index (χ4v) is 2.29. The van der Waals surface area contributed by atoms with Crippen molar-refractivity contribution in [1.82, 2.24) is 5.32 Å². The van der Waals surface area contributed by atoms with Crippen molar-refractivity contribution in [2.45, 2.75) is 9.96 Å². The predicted molar refractivity (Wildman–Crippen MR) is 94.7 cm³/mol. The molecule has 2 rings (SSSR count). The zero-order valence-electron chi connectivity index (χ0n) is 12.4. The number of alkyl halides is 3. The van der Waals surface area contributed by atoms with Gasteiger partial charge < -0.3 is 10.6 Å². The zero-order chi connectivity index (χ0) is 18.6. The second kappa shape index (κ2) is 7.86. The predicted octanol–water partition coefficient (Wildman–Crippen LogP) is 4.27. The van der Waals surface area contributed by atoms with Crippen molar-refractivity contribution in [3.8, 4) is 0 Å². The molecule has 10 heteroatoms. The molecule has 0 spiro atoms. The van der Waals surface area contributed by atoms with Gasteiger partial charge in [0, 0.05) is 6.07 Å². The Bertz CT molecular complexity index is 799. The van der Waals surface area contributed by atoms with Crippen LogP contribution in [0.4, 0.5) is 15.8 Å². The van der Waals surface area contributed by atoms with Gasteiger partial charge in [0.15, 0.2) is 0 Å². The second-order valence-corrected chi connectivity index (χ2v) is 7.22. The molecule has 2 N–H and O–H groups in total. The van der Waals surface area contributed by atoms with Crippen LogP contribution in [-0.4, -0.2) is 20.8 Å². The number of nitro groups is 1. The number of carbonyl (C=O) groups excluding carboxylic acids is 1. The van der Waals surface area contributed by atoms with Gasteiger partial charge in [0.1, 0.15) is 17.5 Å². The van der Waals surface area contributed by atoms with Crippen LogP contribution >= 0.6 is 34.8 Å². The lowest BCUT2D eigenvalue weighted by Gasteiger charge is -2.27. The molecule has 0 saturated carbocycles. The lowest BCUT2D eigenvalue weighted by Crippen LogP contribution is -2.49. The van der Waals surface area contributed by atoms with E-state index < -0.39 is 32.3 Å². The molecule has 0 saturated heterocycles. The Morgan fingerprint density at radius 1 is 1.12 bits per heavy atom. The van der Waals surface area contributed by atoms with E-state index in [1.165, 1.54) is 42.5 Å². The molecule has 2 aromatic carbocycles. The van der Waals surface area contributed by atoms with Gasteiger partial charge in [-0.3, -0.25) is 14.9 Å². The summed E-state index contributed by atoms with van der Waals surface area (Å²) >= 11 is 17.5. The summed E-state index contributed by atoms with van der Waals surface area (Å²) in [5.74, 6) is -1.48. The molecule has 0 radical (unpaired) electrons. The number of amides is 1. The van der Waals surface area contributed by atoms with Crippen LogP contribution in [0.25, 0.3) is 0 Å². The molecule has 0 aliphatic carbocycles. The Labute approximate surface area is 157 Å². The third-order valence-corrected chi connectivity index (χ3v) is 3.78. The third kappa shape index (κ3) is 4.94. The normalized spacial score (nSPS) is 12.3. The number of halogens is 4. The van der Waals surface area contributed by atoms with Gasteiger partial charge in [-0.2, -0.15) is 0 Å². The van der Waals surface area contributed by atoms with E-state index in [0.29, 0.717) is 0 Å². The molecular formula is C15H11Cl3FN3O3. The largest absolute Gasteiger partial charge is 0.359 e. The lowest BCUT2D eigenvalue weighted by atomic mass is 10.1. The molecule has 0 fully saturated rings. The molecule has 132 valence electrons. The highest BCUT2D eigenvalue weighted by molar-refractivity contribution is 6.68. The number of rotatable bonds is 5. The van der Waals surface area contributed by atoms with E-state index in [1.54, 1.807) is 6.07 Å². The van der Waals surface area contributed by atoms with Crippen LogP contribution < -0.4 is 10.6 Å². The van der Waals surface area contributed by atoms with Crippen LogP contribution in [0.3, 0.4) is 0 Å². The maximum absolute atomic E-state index is 13.8. The van der Waals surface area contributed by atoms with Gasteiger partial charge >= 0.3 is 0 Å². The third-order valence-electron chi connectivity index (χ3n) is 3.12. The number of nitrogens with one attached hydrogen (secondary N) is 2. The Morgan fingerprint density at radius 3 is 2.32 bits per heavy atom. The number of benzene rings is 2. The average Bonchev–Trinajstić information content (AvgIpc) is 2.55. The first kappa shape index (κ1) is 19.2. The number of nitrogens with zero attached hydrogens (tertiary/aromatic N) is 1. The van der Waals surface area contributed by atoms with E-state index in [9.17, 15) is 19.3 Å². The Balaban J connectivity index is 2.28. The summed E-state index contributed by atoms with van der Waals surface area (Å²) < 4.78 is 11.7. The van der Waals surface area contributed by atoms with Crippen LogP contribution in [0.2, 0.25) is 0 Å².